The minimum absolute atomic E-state index is 0.00222. The van der Waals surface area contributed by atoms with Crippen LogP contribution in [0.2, 0.25) is 0 Å². The number of nitrogens with zero attached hydrogens (tertiary/aromatic N) is 6. The summed E-state index contributed by atoms with van der Waals surface area (Å²) in [5.74, 6) is 0.288. The Morgan fingerprint density at radius 3 is 2.34 bits per heavy atom. The molecule has 0 aliphatic carbocycles. The Balaban J connectivity index is 1.19. The molecule has 4 aliphatic heterocycles. The first kappa shape index (κ1) is 37.4. The summed E-state index contributed by atoms with van der Waals surface area (Å²) in [5.41, 5.74) is 1.45. The maximum Gasteiger partial charge on any atom is 0.417 e. The average molecular weight is 751 g/mol. The summed E-state index contributed by atoms with van der Waals surface area (Å²) in [6.07, 6.45) is -2.97. The van der Waals surface area contributed by atoms with Gasteiger partial charge in [-0.25, -0.2) is 8.42 Å². The highest BCUT2D eigenvalue weighted by atomic mass is 32.2. The predicted octanol–water partition coefficient (Wildman–Crippen LogP) is 5.48. The number of benzene rings is 1. The van der Waals surface area contributed by atoms with Crippen molar-refractivity contribution in [3.05, 3.63) is 35.0 Å². The Kier molecular flexibility index (Phi) is 11.2. The molecular formula is C33H44F6N6O3S2. The molecule has 1 amide bonds. The number of amides is 1. The zero-order valence-electron chi connectivity index (χ0n) is 28.1. The number of piperidine rings is 1. The molecule has 3 fully saturated rings. The number of hydrogen-bond acceptors (Lipinski definition) is 7. The van der Waals surface area contributed by atoms with Crippen LogP contribution in [0.1, 0.15) is 61.8 Å². The van der Waals surface area contributed by atoms with Gasteiger partial charge in [0.2, 0.25) is 15.9 Å². The van der Waals surface area contributed by atoms with Crippen molar-refractivity contribution < 1.29 is 39.6 Å². The molecule has 0 unspecified atom stereocenters. The molecule has 3 saturated heterocycles. The number of thioether (sulfide) groups is 1. The van der Waals surface area contributed by atoms with Gasteiger partial charge < -0.3 is 9.80 Å². The van der Waals surface area contributed by atoms with Crippen molar-refractivity contribution in [1.82, 2.24) is 28.8 Å². The minimum atomic E-state index is -4.67. The molecule has 4 aliphatic rings. The van der Waals surface area contributed by atoms with Crippen molar-refractivity contribution in [2.75, 3.05) is 57.8 Å². The summed E-state index contributed by atoms with van der Waals surface area (Å²) < 4.78 is 111. The molecule has 0 bridgehead atoms. The number of sulfonamides is 1. The van der Waals surface area contributed by atoms with E-state index in [1.807, 2.05) is 9.58 Å². The number of carbonyl (C=O) groups excluding carboxylic acids is 1. The fraction of sp³-hybridized carbons (Fsp3) is 0.697. The van der Waals surface area contributed by atoms with E-state index in [2.05, 4.69) is 4.90 Å². The highest BCUT2D eigenvalue weighted by Crippen LogP contribution is 2.41. The van der Waals surface area contributed by atoms with Crippen LogP contribution in [0.3, 0.4) is 0 Å². The second-order valence-corrected chi connectivity index (χ2v) is 16.9. The van der Waals surface area contributed by atoms with Crippen LogP contribution in [0.25, 0.3) is 11.3 Å². The Bertz CT molecular complexity index is 1640. The molecule has 17 heteroatoms. The van der Waals surface area contributed by atoms with Crippen molar-refractivity contribution in [1.29, 1.82) is 0 Å². The van der Waals surface area contributed by atoms with Crippen LogP contribution in [0.4, 0.5) is 26.3 Å². The topological polar surface area (TPSA) is 82.0 Å². The molecule has 0 radical (unpaired) electrons. The predicted molar refractivity (Wildman–Crippen MR) is 178 cm³/mol. The maximum atomic E-state index is 14.1. The van der Waals surface area contributed by atoms with E-state index in [1.165, 1.54) is 21.3 Å². The Morgan fingerprint density at radius 1 is 0.920 bits per heavy atom. The molecule has 0 saturated carbocycles. The molecular weight excluding hydrogens is 707 g/mol. The zero-order chi connectivity index (χ0) is 35.8. The van der Waals surface area contributed by atoms with Gasteiger partial charge in [0.05, 0.1) is 17.5 Å². The van der Waals surface area contributed by atoms with Crippen LogP contribution in [0.15, 0.2) is 23.1 Å². The van der Waals surface area contributed by atoms with E-state index in [0.717, 1.165) is 81.6 Å². The Labute approximate surface area is 293 Å². The van der Waals surface area contributed by atoms with Gasteiger partial charge in [0.1, 0.15) is 6.04 Å². The SMILES string of the molecule is CS(=O)(=O)N1CCc2c(c(-c3ccc(C(F)(F)F)c(SCCN4CCC[C@H]4C(F)(F)F)c3)nn2CCCN2CCC(N3CCCC3=O)CC2)C1. The molecule has 1 atom stereocenters. The van der Waals surface area contributed by atoms with E-state index < -0.39 is 34.0 Å². The molecule has 6 rings (SSSR count). The fourth-order valence-electron chi connectivity index (χ4n) is 7.88. The minimum Gasteiger partial charge on any atom is -0.340 e. The van der Waals surface area contributed by atoms with Gasteiger partial charge in [-0.15, -0.1) is 11.8 Å². The molecule has 9 nitrogen and oxygen atoms in total. The van der Waals surface area contributed by atoms with E-state index in [4.69, 9.17) is 5.10 Å². The number of hydrogen-bond donors (Lipinski definition) is 0. The summed E-state index contributed by atoms with van der Waals surface area (Å²) in [4.78, 5) is 17.8. The van der Waals surface area contributed by atoms with Gasteiger partial charge in [-0.2, -0.15) is 35.7 Å². The molecule has 278 valence electrons. The molecule has 50 heavy (non-hydrogen) atoms. The third kappa shape index (κ3) is 8.48. The summed E-state index contributed by atoms with van der Waals surface area (Å²) in [5, 5.41) is 4.86. The van der Waals surface area contributed by atoms with E-state index >= 15 is 0 Å². The number of halogens is 6. The van der Waals surface area contributed by atoms with Crippen molar-refractivity contribution in [3.63, 3.8) is 0 Å². The zero-order valence-corrected chi connectivity index (χ0v) is 29.7. The summed E-state index contributed by atoms with van der Waals surface area (Å²) >= 11 is 0.872. The lowest BCUT2D eigenvalue weighted by molar-refractivity contribution is -0.175. The van der Waals surface area contributed by atoms with Crippen molar-refractivity contribution >= 4 is 27.7 Å². The summed E-state index contributed by atoms with van der Waals surface area (Å²) in [6, 6.07) is 2.42. The van der Waals surface area contributed by atoms with Crippen LogP contribution < -0.4 is 0 Å². The fourth-order valence-corrected chi connectivity index (χ4v) is 9.76. The summed E-state index contributed by atoms with van der Waals surface area (Å²) in [7, 11) is -3.55. The third-order valence-electron chi connectivity index (χ3n) is 10.5. The van der Waals surface area contributed by atoms with Gasteiger partial charge in [0.15, 0.2) is 0 Å². The first-order valence-electron chi connectivity index (χ1n) is 17.3. The van der Waals surface area contributed by atoms with Gasteiger partial charge in [-0.05, 0) is 63.7 Å². The number of aryl methyl sites for hydroxylation is 1. The molecule has 1 aromatic carbocycles. The van der Waals surface area contributed by atoms with E-state index in [1.54, 1.807) is 0 Å². The van der Waals surface area contributed by atoms with Gasteiger partial charge in [-0.1, -0.05) is 6.07 Å². The third-order valence-corrected chi connectivity index (χ3v) is 12.7. The first-order valence-corrected chi connectivity index (χ1v) is 20.1. The summed E-state index contributed by atoms with van der Waals surface area (Å²) in [6.45, 7) is 4.53. The number of likely N-dealkylation sites (tertiary alicyclic amines) is 3. The molecule has 1 aromatic heterocycles. The Morgan fingerprint density at radius 2 is 1.68 bits per heavy atom. The monoisotopic (exact) mass is 750 g/mol. The second kappa shape index (κ2) is 15.0. The number of fused-ring (bicyclic) bond motifs is 1. The van der Waals surface area contributed by atoms with Gasteiger partial charge in [0.25, 0.3) is 0 Å². The second-order valence-electron chi connectivity index (χ2n) is 13.8. The highest BCUT2D eigenvalue weighted by molar-refractivity contribution is 7.99. The number of alkyl halides is 6. The lowest BCUT2D eigenvalue weighted by atomic mass is 10.0. The number of rotatable bonds is 11. The van der Waals surface area contributed by atoms with Crippen molar-refractivity contribution in [2.24, 2.45) is 0 Å². The molecule has 0 spiro atoms. The van der Waals surface area contributed by atoms with Gasteiger partial charge >= 0.3 is 12.4 Å². The normalized spacial score (nSPS) is 22.2. The van der Waals surface area contributed by atoms with E-state index in [0.29, 0.717) is 48.7 Å². The lowest BCUT2D eigenvalue weighted by Gasteiger charge is -2.36. The number of aromatic nitrogens is 2. The van der Waals surface area contributed by atoms with E-state index in [9.17, 15) is 39.6 Å². The van der Waals surface area contributed by atoms with Crippen LogP contribution in [0, 0.1) is 0 Å². The highest BCUT2D eigenvalue weighted by Gasteiger charge is 2.45. The van der Waals surface area contributed by atoms with E-state index in [-0.39, 0.29) is 49.2 Å². The van der Waals surface area contributed by atoms with Crippen LogP contribution in [-0.2, 0) is 40.5 Å². The molecule has 5 heterocycles. The van der Waals surface area contributed by atoms with Crippen LogP contribution >= 0.6 is 11.8 Å². The molecule has 0 N–H and O–H groups in total. The first-order chi connectivity index (χ1) is 23.6. The lowest BCUT2D eigenvalue weighted by Crippen LogP contribution is -2.45. The number of carbonyl (C=O) groups is 1. The van der Waals surface area contributed by atoms with Gasteiger partial charge in [-0.3, -0.25) is 14.4 Å². The Hall–Kier alpha value is -2.34. The van der Waals surface area contributed by atoms with Crippen LogP contribution in [0.5, 0.6) is 0 Å². The molecule has 2 aromatic rings. The van der Waals surface area contributed by atoms with Gasteiger partial charge in [0, 0.05) is 92.2 Å². The smallest absolute Gasteiger partial charge is 0.340 e. The van der Waals surface area contributed by atoms with Crippen LogP contribution in [-0.4, -0.2) is 119 Å². The quantitative estimate of drug-likeness (QED) is 0.222. The largest absolute Gasteiger partial charge is 0.417 e. The maximum absolute atomic E-state index is 14.1. The average Bonchev–Trinajstić information content (AvgIpc) is 3.79. The van der Waals surface area contributed by atoms with Crippen molar-refractivity contribution in [2.45, 2.75) is 93.8 Å². The van der Waals surface area contributed by atoms with Crippen molar-refractivity contribution in [3.8, 4) is 11.3 Å². The standard InChI is InChI=1S/C33H44F6N6O3S2/c1-50(47,48)43-18-11-27-25(22-43)31(40-45(27)15-4-12-41-16-9-24(10-17-41)44-14-3-6-30(44)46)23-7-8-26(32(34,35)36)28(21-23)49-20-19-42-13-2-5-29(42)33(37,38)39/h7-8,21,24,29H,2-6,9-20,22H2,1H3/t29-/m0/s1.